The summed E-state index contributed by atoms with van der Waals surface area (Å²) in [6.45, 7) is 3.97. The Hall–Kier alpha value is -4.44. The molecule has 10 nitrogen and oxygen atoms in total. The van der Waals surface area contributed by atoms with Crippen molar-refractivity contribution in [2.45, 2.75) is 19.3 Å². The number of rotatable bonds is 10. The summed E-state index contributed by atoms with van der Waals surface area (Å²) in [5, 5.41) is 10.3. The van der Waals surface area contributed by atoms with Gasteiger partial charge in [-0.2, -0.15) is 5.10 Å². The van der Waals surface area contributed by atoms with Crippen LogP contribution in [0.5, 0.6) is 11.5 Å². The molecule has 0 unspecified atom stereocenters. The van der Waals surface area contributed by atoms with Crippen molar-refractivity contribution in [3.8, 4) is 22.8 Å². The summed E-state index contributed by atoms with van der Waals surface area (Å²) < 4.78 is 12.4. The third-order valence-corrected chi connectivity index (χ3v) is 6.81. The van der Waals surface area contributed by atoms with Crippen LogP contribution < -0.4 is 20.1 Å². The SMILES string of the molecule is COc1ccc(-c2ccnc3cc(C(=O)Nc4ccc(C(=O)NCCCN5CCCC5)cc4)nn23)cc1OC. The number of amides is 2. The maximum Gasteiger partial charge on any atom is 0.276 e. The van der Waals surface area contributed by atoms with Crippen molar-refractivity contribution >= 4 is 23.1 Å². The number of hydrogen-bond donors (Lipinski definition) is 2. The largest absolute Gasteiger partial charge is 0.493 e. The van der Waals surface area contributed by atoms with Crippen LogP contribution in [0.1, 0.15) is 40.1 Å². The Morgan fingerprint density at radius 3 is 2.44 bits per heavy atom. The average Bonchev–Trinajstić information content (AvgIpc) is 3.65. The van der Waals surface area contributed by atoms with Crippen LogP contribution in [0.15, 0.2) is 60.8 Å². The van der Waals surface area contributed by atoms with E-state index in [0.29, 0.717) is 34.9 Å². The van der Waals surface area contributed by atoms with Gasteiger partial charge in [0.05, 0.1) is 19.9 Å². The molecule has 0 aliphatic carbocycles. The molecule has 1 aliphatic heterocycles. The number of methoxy groups -OCH3 is 2. The number of nitrogens with one attached hydrogen (secondary N) is 2. The molecule has 1 saturated heterocycles. The second kappa shape index (κ2) is 12.0. The van der Waals surface area contributed by atoms with E-state index in [4.69, 9.17) is 9.47 Å². The molecule has 0 spiro atoms. The molecule has 202 valence electrons. The van der Waals surface area contributed by atoms with Gasteiger partial charge in [0.2, 0.25) is 0 Å². The zero-order chi connectivity index (χ0) is 27.2. The van der Waals surface area contributed by atoms with E-state index in [1.165, 1.54) is 12.8 Å². The van der Waals surface area contributed by atoms with Crippen LogP contribution in [0, 0.1) is 0 Å². The normalized spacial score (nSPS) is 13.4. The molecule has 0 bridgehead atoms. The van der Waals surface area contributed by atoms with Crippen LogP contribution in [0.3, 0.4) is 0 Å². The van der Waals surface area contributed by atoms with Crippen molar-refractivity contribution in [1.29, 1.82) is 0 Å². The lowest BCUT2D eigenvalue weighted by Crippen LogP contribution is -2.28. The van der Waals surface area contributed by atoms with E-state index in [2.05, 4.69) is 25.6 Å². The Labute approximate surface area is 226 Å². The standard InChI is InChI=1S/C29H32N6O4/c1-38-25-11-8-21(18-26(25)39-2)24-12-14-30-27-19-23(33-35(24)27)29(37)32-22-9-6-20(7-10-22)28(36)31-13-5-17-34-15-3-4-16-34/h6-12,14,18-19H,3-5,13,15-17H2,1-2H3,(H,31,36)(H,32,37). The van der Waals surface area contributed by atoms with Crippen LogP contribution >= 0.6 is 0 Å². The number of anilines is 1. The predicted molar refractivity (Wildman–Crippen MR) is 149 cm³/mol. The summed E-state index contributed by atoms with van der Waals surface area (Å²) >= 11 is 0. The lowest BCUT2D eigenvalue weighted by atomic mass is 10.1. The first-order valence-electron chi connectivity index (χ1n) is 13.0. The summed E-state index contributed by atoms with van der Waals surface area (Å²) in [6.07, 6.45) is 5.13. The molecule has 1 aliphatic rings. The summed E-state index contributed by atoms with van der Waals surface area (Å²) in [5.41, 5.74) is 3.44. The van der Waals surface area contributed by atoms with Crippen LogP contribution in [-0.2, 0) is 0 Å². The van der Waals surface area contributed by atoms with Gasteiger partial charge in [-0.25, -0.2) is 9.50 Å². The highest BCUT2D eigenvalue weighted by Gasteiger charge is 2.16. The molecule has 2 aromatic heterocycles. The van der Waals surface area contributed by atoms with Gasteiger partial charge in [0.25, 0.3) is 11.8 Å². The number of fused-ring (bicyclic) bond motifs is 1. The first-order chi connectivity index (χ1) is 19.1. The maximum absolute atomic E-state index is 13.0. The topological polar surface area (TPSA) is 110 Å². The summed E-state index contributed by atoms with van der Waals surface area (Å²) in [7, 11) is 3.16. The molecular weight excluding hydrogens is 496 g/mol. The molecule has 10 heteroatoms. The van der Waals surface area contributed by atoms with Gasteiger partial charge in [-0.3, -0.25) is 9.59 Å². The molecule has 2 amide bonds. The number of benzene rings is 2. The van der Waals surface area contributed by atoms with Gasteiger partial charge in [0.1, 0.15) is 0 Å². The molecular formula is C29H32N6O4. The van der Waals surface area contributed by atoms with Gasteiger partial charge >= 0.3 is 0 Å². The van der Waals surface area contributed by atoms with Crippen LogP contribution in [0.4, 0.5) is 5.69 Å². The molecule has 2 aromatic carbocycles. The third kappa shape index (κ3) is 6.01. The Balaban J connectivity index is 1.23. The highest BCUT2D eigenvalue weighted by Crippen LogP contribution is 2.32. The fraction of sp³-hybridized carbons (Fsp3) is 0.310. The number of likely N-dealkylation sites (tertiary alicyclic amines) is 1. The van der Waals surface area contributed by atoms with Crippen molar-refractivity contribution in [3.05, 3.63) is 72.1 Å². The Kier molecular flexibility index (Phi) is 8.02. The number of carbonyl (C=O) groups is 2. The fourth-order valence-corrected chi connectivity index (χ4v) is 4.73. The first kappa shape index (κ1) is 26.2. The van der Waals surface area contributed by atoms with Crippen LogP contribution in [-0.4, -0.2) is 71.7 Å². The first-order valence-corrected chi connectivity index (χ1v) is 13.0. The second-order valence-electron chi connectivity index (χ2n) is 9.39. The summed E-state index contributed by atoms with van der Waals surface area (Å²) in [5.74, 6) is 0.707. The van der Waals surface area contributed by atoms with Gasteiger partial charge in [-0.15, -0.1) is 0 Å². The predicted octanol–water partition coefficient (Wildman–Crippen LogP) is 3.88. The van der Waals surface area contributed by atoms with Crippen molar-refractivity contribution in [1.82, 2.24) is 24.8 Å². The molecule has 2 N–H and O–H groups in total. The third-order valence-electron chi connectivity index (χ3n) is 6.81. The average molecular weight is 529 g/mol. The van der Waals surface area contributed by atoms with Crippen molar-refractivity contribution in [3.63, 3.8) is 0 Å². The molecule has 1 fully saturated rings. The van der Waals surface area contributed by atoms with Gasteiger partial charge in [0, 0.05) is 35.6 Å². The van der Waals surface area contributed by atoms with Crippen LogP contribution in [0.25, 0.3) is 16.9 Å². The molecule has 3 heterocycles. The number of ether oxygens (including phenoxy) is 2. The highest BCUT2D eigenvalue weighted by molar-refractivity contribution is 6.04. The molecule has 5 rings (SSSR count). The number of carbonyl (C=O) groups excluding carboxylic acids is 2. The summed E-state index contributed by atoms with van der Waals surface area (Å²) in [4.78, 5) is 32.2. The van der Waals surface area contributed by atoms with Crippen molar-refractivity contribution in [2.24, 2.45) is 0 Å². The smallest absolute Gasteiger partial charge is 0.276 e. The van der Waals surface area contributed by atoms with Gasteiger partial charge < -0.3 is 25.0 Å². The minimum atomic E-state index is -0.377. The lowest BCUT2D eigenvalue weighted by Gasteiger charge is -2.14. The second-order valence-corrected chi connectivity index (χ2v) is 9.39. The molecule has 0 saturated carbocycles. The zero-order valence-corrected chi connectivity index (χ0v) is 22.1. The minimum Gasteiger partial charge on any atom is -0.493 e. The summed E-state index contributed by atoms with van der Waals surface area (Å²) in [6, 6.07) is 15.8. The maximum atomic E-state index is 13.0. The van der Waals surface area contributed by atoms with E-state index < -0.39 is 0 Å². The molecule has 39 heavy (non-hydrogen) atoms. The number of nitrogens with zero attached hydrogens (tertiary/aromatic N) is 4. The van der Waals surface area contributed by atoms with Gasteiger partial charge in [-0.05, 0) is 87.4 Å². The Morgan fingerprint density at radius 2 is 1.69 bits per heavy atom. The Morgan fingerprint density at radius 1 is 0.923 bits per heavy atom. The number of hydrogen-bond acceptors (Lipinski definition) is 7. The molecule has 0 atom stereocenters. The van der Waals surface area contributed by atoms with Crippen molar-refractivity contribution in [2.75, 3.05) is 45.7 Å². The van der Waals surface area contributed by atoms with E-state index >= 15 is 0 Å². The zero-order valence-electron chi connectivity index (χ0n) is 22.1. The van der Waals surface area contributed by atoms with E-state index in [0.717, 1.165) is 37.3 Å². The van der Waals surface area contributed by atoms with E-state index in [1.807, 2.05) is 24.3 Å². The number of aromatic nitrogens is 3. The highest BCUT2D eigenvalue weighted by atomic mass is 16.5. The van der Waals surface area contributed by atoms with Crippen LogP contribution in [0.2, 0.25) is 0 Å². The molecule has 0 radical (unpaired) electrons. The van der Waals surface area contributed by atoms with Gasteiger partial charge in [0.15, 0.2) is 22.8 Å². The molecule has 4 aromatic rings. The fourth-order valence-electron chi connectivity index (χ4n) is 4.73. The Bertz CT molecular complexity index is 1460. The van der Waals surface area contributed by atoms with E-state index in [-0.39, 0.29) is 17.5 Å². The van der Waals surface area contributed by atoms with E-state index in [1.54, 1.807) is 55.3 Å². The van der Waals surface area contributed by atoms with Crippen molar-refractivity contribution < 1.29 is 19.1 Å². The van der Waals surface area contributed by atoms with Gasteiger partial charge in [-0.1, -0.05) is 0 Å². The van der Waals surface area contributed by atoms with E-state index in [9.17, 15) is 9.59 Å². The quantitative estimate of drug-likeness (QED) is 0.301. The lowest BCUT2D eigenvalue weighted by molar-refractivity contribution is 0.0951. The monoisotopic (exact) mass is 528 g/mol. The minimum absolute atomic E-state index is 0.122.